The van der Waals surface area contributed by atoms with Gasteiger partial charge in [0, 0.05) is 12.5 Å². The molecule has 2 heterocycles. The molecule has 2 fully saturated rings. The van der Waals surface area contributed by atoms with Crippen LogP contribution in [0, 0.1) is 5.92 Å². The fourth-order valence-corrected chi connectivity index (χ4v) is 2.19. The van der Waals surface area contributed by atoms with Crippen molar-refractivity contribution >= 4 is 17.6 Å². The molecule has 2 rings (SSSR count). The van der Waals surface area contributed by atoms with Gasteiger partial charge in [0.25, 0.3) is 0 Å². The molecule has 100 valence electrons. The first-order valence-electron chi connectivity index (χ1n) is 6.11. The molecule has 0 bridgehead atoms. The molecule has 18 heavy (non-hydrogen) atoms. The molecule has 2 aliphatic heterocycles. The Morgan fingerprint density at radius 1 is 1.50 bits per heavy atom. The van der Waals surface area contributed by atoms with Crippen LogP contribution in [0.3, 0.4) is 0 Å². The number of nitrogens with one attached hydrogen (secondary N) is 1. The van der Waals surface area contributed by atoms with Crippen molar-refractivity contribution in [1.29, 1.82) is 0 Å². The average molecular weight is 254 g/mol. The van der Waals surface area contributed by atoms with Gasteiger partial charge in [-0.1, -0.05) is 0 Å². The Labute approximate surface area is 106 Å². The standard InChI is InChI=1S/C12H18N2O4/c1-12(2)11(17)13-10(16)6-14(12)5-9(15)8-3-4-18-7-8/h8H,3-7H2,1-2H3,(H,13,16,17). The smallest absolute Gasteiger partial charge is 0.246 e. The Hall–Kier alpha value is -1.27. The normalized spacial score (nSPS) is 28.2. The van der Waals surface area contributed by atoms with Gasteiger partial charge >= 0.3 is 0 Å². The van der Waals surface area contributed by atoms with E-state index in [4.69, 9.17) is 4.74 Å². The second-order valence-electron chi connectivity index (χ2n) is 5.32. The summed E-state index contributed by atoms with van der Waals surface area (Å²) < 4.78 is 5.18. The highest BCUT2D eigenvalue weighted by Gasteiger charge is 2.42. The summed E-state index contributed by atoms with van der Waals surface area (Å²) in [5, 5.41) is 2.29. The predicted octanol–water partition coefficient (Wildman–Crippen LogP) is -0.671. The number of nitrogens with zero attached hydrogens (tertiary/aromatic N) is 1. The minimum Gasteiger partial charge on any atom is -0.381 e. The van der Waals surface area contributed by atoms with Gasteiger partial charge in [-0.05, 0) is 20.3 Å². The summed E-state index contributed by atoms with van der Waals surface area (Å²) in [7, 11) is 0. The number of carbonyl (C=O) groups is 3. The molecule has 0 aromatic rings. The zero-order chi connectivity index (χ0) is 13.3. The Bertz CT molecular complexity index is 386. The van der Waals surface area contributed by atoms with E-state index in [1.165, 1.54) is 0 Å². The van der Waals surface area contributed by atoms with Crippen LogP contribution in [0.5, 0.6) is 0 Å². The van der Waals surface area contributed by atoms with Crippen molar-refractivity contribution in [2.45, 2.75) is 25.8 Å². The number of hydrogen-bond acceptors (Lipinski definition) is 5. The summed E-state index contributed by atoms with van der Waals surface area (Å²) in [4.78, 5) is 36.8. The zero-order valence-electron chi connectivity index (χ0n) is 10.7. The van der Waals surface area contributed by atoms with Crippen molar-refractivity contribution in [2.75, 3.05) is 26.3 Å². The maximum atomic E-state index is 12.0. The van der Waals surface area contributed by atoms with Crippen molar-refractivity contribution in [3.8, 4) is 0 Å². The lowest BCUT2D eigenvalue weighted by molar-refractivity contribution is -0.146. The van der Waals surface area contributed by atoms with Gasteiger partial charge in [0.15, 0.2) is 5.78 Å². The summed E-state index contributed by atoms with van der Waals surface area (Å²) in [6, 6.07) is 0. The Morgan fingerprint density at radius 2 is 2.22 bits per heavy atom. The van der Waals surface area contributed by atoms with E-state index in [9.17, 15) is 14.4 Å². The van der Waals surface area contributed by atoms with E-state index in [0.29, 0.717) is 13.2 Å². The third kappa shape index (κ3) is 2.44. The highest BCUT2D eigenvalue weighted by atomic mass is 16.5. The van der Waals surface area contributed by atoms with Gasteiger partial charge in [-0.15, -0.1) is 0 Å². The number of ether oxygens (including phenoxy) is 1. The molecular weight excluding hydrogens is 236 g/mol. The summed E-state index contributed by atoms with van der Waals surface area (Å²) in [5.74, 6) is -0.756. The SMILES string of the molecule is CC1(C)C(=O)NC(=O)CN1CC(=O)C1CCOC1. The van der Waals surface area contributed by atoms with Crippen LogP contribution in [-0.4, -0.2) is 54.3 Å². The van der Waals surface area contributed by atoms with Crippen molar-refractivity contribution in [2.24, 2.45) is 5.92 Å². The molecule has 0 aromatic carbocycles. The number of imide groups is 1. The first kappa shape index (κ1) is 13.2. The van der Waals surface area contributed by atoms with Crippen LogP contribution < -0.4 is 5.32 Å². The van der Waals surface area contributed by atoms with E-state index < -0.39 is 5.54 Å². The quantitative estimate of drug-likeness (QED) is 0.676. The lowest BCUT2D eigenvalue weighted by atomic mass is 9.96. The molecule has 1 unspecified atom stereocenters. The second-order valence-corrected chi connectivity index (χ2v) is 5.32. The first-order chi connectivity index (χ1) is 8.41. The predicted molar refractivity (Wildman–Crippen MR) is 62.7 cm³/mol. The molecule has 1 atom stereocenters. The minimum absolute atomic E-state index is 0.0445. The molecule has 0 aliphatic carbocycles. The molecule has 1 N–H and O–H groups in total. The fraction of sp³-hybridized carbons (Fsp3) is 0.750. The highest BCUT2D eigenvalue weighted by molar-refractivity contribution is 6.03. The molecular formula is C12H18N2O4. The Balaban J connectivity index is 2.04. The van der Waals surface area contributed by atoms with Gasteiger partial charge in [0.2, 0.25) is 11.8 Å². The van der Waals surface area contributed by atoms with Gasteiger partial charge in [-0.25, -0.2) is 0 Å². The Kier molecular flexibility index (Phi) is 3.49. The number of rotatable bonds is 3. The molecule has 2 saturated heterocycles. The van der Waals surface area contributed by atoms with E-state index >= 15 is 0 Å². The van der Waals surface area contributed by atoms with Crippen LogP contribution in [-0.2, 0) is 19.1 Å². The number of carbonyl (C=O) groups excluding carboxylic acids is 3. The van der Waals surface area contributed by atoms with Crippen LogP contribution in [0.15, 0.2) is 0 Å². The minimum atomic E-state index is -0.830. The van der Waals surface area contributed by atoms with Crippen molar-refractivity contribution < 1.29 is 19.1 Å². The largest absolute Gasteiger partial charge is 0.381 e. The topological polar surface area (TPSA) is 75.7 Å². The van der Waals surface area contributed by atoms with Crippen molar-refractivity contribution in [3.63, 3.8) is 0 Å². The summed E-state index contributed by atoms with van der Waals surface area (Å²) in [6.45, 7) is 4.70. The molecule has 0 radical (unpaired) electrons. The summed E-state index contributed by atoms with van der Waals surface area (Å²) in [5.41, 5.74) is -0.830. The molecule has 2 aliphatic rings. The van der Waals surface area contributed by atoms with Gasteiger partial charge in [-0.3, -0.25) is 24.6 Å². The lowest BCUT2D eigenvalue weighted by Gasteiger charge is -2.39. The fourth-order valence-electron chi connectivity index (χ4n) is 2.19. The van der Waals surface area contributed by atoms with E-state index in [1.54, 1.807) is 18.7 Å². The Morgan fingerprint density at radius 3 is 2.83 bits per heavy atom. The molecule has 2 amide bonds. The van der Waals surface area contributed by atoms with Crippen LogP contribution in [0.1, 0.15) is 20.3 Å². The van der Waals surface area contributed by atoms with Crippen molar-refractivity contribution in [1.82, 2.24) is 10.2 Å². The van der Waals surface area contributed by atoms with Crippen LogP contribution >= 0.6 is 0 Å². The lowest BCUT2D eigenvalue weighted by Crippen LogP contribution is -2.65. The zero-order valence-corrected chi connectivity index (χ0v) is 10.7. The maximum absolute atomic E-state index is 12.0. The van der Waals surface area contributed by atoms with E-state index in [0.717, 1.165) is 6.42 Å². The molecule has 0 saturated carbocycles. The van der Waals surface area contributed by atoms with Gasteiger partial charge in [-0.2, -0.15) is 0 Å². The average Bonchev–Trinajstić information content (AvgIpc) is 2.79. The van der Waals surface area contributed by atoms with E-state index in [-0.39, 0.29) is 36.6 Å². The van der Waals surface area contributed by atoms with Crippen LogP contribution in [0.2, 0.25) is 0 Å². The molecule has 6 heteroatoms. The van der Waals surface area contributed by atoms with Gasteiger partial charge in [0.1, 0.15) is 0 Å². The van der Waals surface area contributed by atoms with Gasteiger partial charge in [0.05, 0.1) is 25.2 Å². The third-order valence-corrected chi connectivity index (χ3v) is 3.67. The van der Waals surface area contributed by atoms with Crippen LogP contribution in [0.25, 0.3) is 0 Å². The number of amides is 2. The number of hydrogen-bond donors (Lipinski definition) is 1. The van der Waals surface area contributed by atoms with E-state index in [1.807, 2.05) is 0 Å². The number of ketones is 1. The third-order valence-electron chi connectivity index (χ3n) is 3.67. The molecule has 6 nitrogen and oxygen atoms in total. The van der Waals surface area contributed by atoms with Gasteiger partial charge < -0.3 is 4.74 Å². The first-order valence-corrected chi connectivity index (χ1v) is 6.11. The van der Waals surface area contributed by atoms with Crippen LogP contribution in [0.4, 0.5) is 0 Å². The number of Topliss-reactive ketones (excluding diaryl/α,β-unsaturated/α-hetero) is 1. The molecule has 0 spiro atoms. The summed E-state index contributed by atoms with van der Waals surface area (Å²) >= 11 is 0. The van der Waals surface area contributed by atoms with E-state index in [2.05, 4.69) is 5.32 Å². The number of piperazine rings is 1. The second kappa shape index (κ2) is 4.78. The van der Waals surface area contributed by atoms with Crippen molar-refractivity contribution in [3.05, 3.63) is 0 Å². The summed E-state index contributed by atoms with van der Waals surface area (Å²) in [6.07, 6.45) is 0.729. The molecule has 0 aromatic heterocycles. The maximum Gasteiger partial charge on any atom is 0.246 e. The monoisotopic (exact) mass is 254 g/mol. The highest BCUT2D eigenvalue weighted by Crippen LogP contribution is 2.20.